The lowest BCUT2D eigenvalue weighted by Gasteiger charge is -2.24. The molecule has 0 saturated carbocycles. The Balaban J connectivity index is 2.37. The molecule has 1 N–H and O–H groups in total. The van der Waals surface area contributed by atoms with Gasteiger partial charge in [-0.2, -0.15) is 0 Å². The molecule has 2 rings (SSSR count). The number of aromatic hydroxyl groups is 1. The van der Waals surface area contributed by atoms with E-state index < -0.39 is 0 Å². The number of nitrogens with zero attached hydrogens (tertiary/aromatic N) is 1. The summed E-state index contributed by atoms with van der Waals surface area (Å²) in [4.78, 5) is 0. The van der Waals surface area contributed by atoms with Crippen LogP contribution in [0.1, 0.15) is 11.1 Å². The topological polar surface area (TPSA) is 23.5 Å². The van der Waals surface area contributed by atoms with E-state index in [0.717, 1.165) is 19.5 Å². The minimum absolute atomic E-state index is 0.369. The SMILES string of the molecule is Oc1ccc2c(c1)CN(P)CC2. The van der Waals surface area contributed by atoms with Crippen molar-refractivity contribution < 1.29 is 5.11 Å². The second-order valence-electron chi connectivity index (χ2n) is 3.17. The van der Waals surface area contributed by atoms with Gasteiger partial charge in [-0.05, 0) is 29.7 Å². The fraction of sp³-hybridized carbons (Fsp3) is 0.333. The van der Waals surface area contributed by atoms with E-state index in [0.29, 0.717) is 5.75 Å². The first-order valence-electron chi connectivity index (χ1n) is 4.06. The summed E-state index contributed by atoms with van der Waals surface area (Å²) in [7, 11) is 2.70. The van der Waals surface area contributed by atoms with E-state index in [9.17, 15) is 5.11 Å². The van der Waals surface area contributed by atoms with Crippen molar-refractivity contribution in [1.82, 2.24) is 4.67 Å². The van der Waals surface area contributed by atoms with E-state index in [1.165, 1.54) is 11.1 Å². The van der Waals surface area contributed by atoms with Crippen LogP contribution in [0.4, 0.5) is 0 Å². The van der Waals surface area contributed by atoms with Crippen molar-refractivity contribution in [2.45, 2.75) is 13.0 Å². The molecule has 1 aromatic carbocycles. The molecule has 0 fully saturated rings. The Kier molecular flexibility index (Phi) is 2.03. The van der Waals surface area contributed by atoms with Crippen molar-refractivity contribution in [2.75, 3.05) is 6.54 Å². The summed E-state index contributed by atoms with van der Waals surface area (Å²) in [5, 5.41) is 9.25. The molecular formula is C9H12NOP. The maximum atomic E-state index is 9.25. The standard InChI is InChI=1S/C9H12NOP/c11-9-2-1-7-3-4-10(12)6-8(7)5-9/h1-2,5,11H,3-4,6,12H2. The fourth-order valence-electron chi connectivity index (χ4n) is 1.57. The lowest BCUT2D eigenvalue weighted by atomic mass is 10.0. The van der Waals surface area contributed by atoms with Gasteiger partial charge in [-0.3, -0.25) is 4.67 Å². The minimum Gasteiger partial charge on any atom is -0.508 e. The largest absolute Gasteiger partial charge is 0.508 e. The van der Waals surface area contributed by atoms with Crippen LogP contribution in [-0.2, 0) is 13.0 Å². The summed E-state index contributed by atoms with van der Waals surface area (Å²) in [6.07, 6.45) is 1.08. The van der Waals surface area contributed by atoms with Gasteiger partial charge in [-0.25, -0.2) is 0 Å². The van der Waals surface area contributed by atoms with Crippen molar-refractivity contribution in [3.63, 3.8) is 0 Å². The lowest BCUT2D eigenvalue weighted by molar-refractivity contribution is 0.435. The van der Waals surface area contributed by atoms with Gasteiger partial charge < -0.3 is 5.11 Å². The summed E-state index contributed by atoms with van der Waals surface area (Å²) in [5.41, 5.74) is 2.61. The third-order valence-corrected chi connectivity index (χ3v) is 2.67. The number of phenols is 1. The summed E-state index contributed by atoms with van der Waals surface area (Å²) in [5.74, 6) is 0.369. The normalized spacial score (nSPS) is 17.4. The van der Waals surface area contributed by atoms with Gasteiger partial charge >= 0.3 is 0 Å². The molecular weight excluding hydrogens is 169 g/mol. The monoisotopic (exact) mass is 181 g/mol. The summed E-state index contributed by atoms with van der Waals surface area (Å²) in [6, 6.07) is 5.63. The highest BCUT2D eigenvalue weighted by atomic mass is 31.0. The van der Waals surface area contributed by atoms with Crippen LogP contribution in [0.15, 0.2) is 18.2 Å². The van der Waals surface area contributed by atoms with Gasteiger partial charge in [0.05, 0.1) is 0 Å². The molecule has 1 aromatic rings. The summed E-state index contributed by atoms with van der Waals surface area (Å²) >= 11 is 0. The van der Waals surface area contributed by atoms with E-state index in [2.05, 4.69) is 14.1 Å². The maximum Gasteiger partial charge on any atom is 0.115 e. The van der Waals surface area contributed by atoms with Crippen molar-refractivity contribution >= 4 is 9.39 Å². The van der Waals surface area contributed by atoms with Gasteiger partial charge in [0.25, 0.3) is 0 Å². The van der Waals surface area contributed by atoms with E-state index in [1.54, 1.807) is 6.07 Å². The first-order valence-corrected chi connectivity index (χ1v) is 4.58. The molecule has 1 aliphatic rings. The fourth-order valence-corrected chi connectivity index (χ4v) is 1.89. The number of fused-ring (bicyclic) bond motifs is 1. The second kappa shape index (κ2) is 3.04. The lowest BCUT2D eigenvalue weighted by Crippen LogP contribution is -2.21. The Morgan fingerprint density at radius 3 is 3.00 bits per heavy atom. The van der Waals surface area contributed by atoms with Gasteiger partial charge in [-0.1, -0.05) is 15.5 Å². The molecule has 12 heavy (non-hydrogen) atoms. The smallest absolute Gasteiger partial charge is 0.115 e. The number of phenolic OH excluding ortho intramolecular Hbond substituents is 1. The van der Waals surface area contributed by atoms with Crippen LogP contribution >= 0.6 is 9.39 Å². The maximum absolute atomic E-state index is 9.25. The van der Waals surface area contributed by atoms with Crippen molar-refractivity contribution in [3.8, 4) is 5.75 Å². The molecule has 64 valence electrons. The molecule has 1 aliphatic heterocycles. The number of hydrogen-bond acceptors (Lipinski definition) is 2. The van der Waals surface area contributed by atoms with Crippen LogP contribution < -0.4 is 0 Å². The summed E-state index contributed by atoms with van der Waals surface area (Å²) in [6.45, 7) is 2.01. The Bertz CT molecular complexity index is 301. The highest BCUT2D eigenvalue weighted by Gasteiger charge is 2.12. The Morgan fingerprint density at radius 1 is 1.33 bits per heavy atom. The highest BCUT2D eigenvalue weighted by Crippen LogP contribution is 2.24. The number of benzene rings is 1. The van der Waals surface area contributed by atoms with Gasteiger partial charge in [0.15, 0.2) is 0 Å². The van der Waals surface area contributed by atoms with Crippen LogP contribution in [0.2, 0.25) is 0 Å². The van der Waals surface area contributed by atoms with Crippen molar-refractivity contribution in [1.29, 1.82) is 0 Å². The first kappa shape index (κ1) is 8.03. The third kappa shape index (κ3) is 1.45. The van der Waals surface area contributed by atoms with Crippen LogP contribution in [-0.4, -0.2) is 16.3 Å². The average Bonchev–Trinajstić information content (AvgIpc) is 2.03. The van der Waals surface area contributed by atoms with E-state index in [4.69, 9.17) is 0 Å². The molecule has 1 heterocycles. The van der Waals surface area contributed by atoms with Crippen LogP contribution in [0.5, 0.6) is 5.75 Å². The Morgan fingerprint density at radius 2 is 2.17 bits per heavy atom. The van der Waals surface area contributed by atoms with Crippen LogP contribution in [0.25, 0.3) is 0 Å². The van der Waals surface area contributed by atoms with Gasteiger partial charge in [0.2, 0.25) is 0 Å². The first-order chi connectivity index (χ1) is 5.75. The molecule has 2 nitrogen and oxygen atoms in total. The molecule has 0 radical (unpaired) electrons. The number of rotatable bonds is 0. The molecule has 0 saturated heterocycles. The molecule has 0 aliphatic carbocycles. The molecule has 0 bridgehead atoms. The predicted octanol–water partition coefficient (Wildman–Crippen LogP) is 1.54. The molecule has 1 atom stereocenters. The zero-order valence-corrected chi connectivity index (χ0v) is 7.98. The Hall–Kier alpha value is -0.590. The van der Waals surface area contributed by atoms with Gasteiger partial charge in [0, 0.05) is 13.1 Å². The second-order valence-corrected chi connectivity index (χ2v) is 3.90. The predicted molar refractivity (Wildman–Crippen MR) is 51.9 cm³/mol. The van der Waals surface area contributed by atoms with Crippen LogP contribution in [0.3, 0.4) is 0 Å². The average molecular weight is 181 g/mol. The number of hydrogen-bond donors (Lipinski definition) is 1. The third-order valence-electron chi connectivity index (χ3n) is 2.23. The van der Waals surface area contributed by atoms with E-state index in [-0.39, 0.29) is 0 Å². The summed E-state index contributed by atoms with van der Waals surface area (Å²) < 4.78 is 2.18. The van der Waals surface area contributed by atoms with E-state index in [1.807, 2.05) is 12.1 Å². The van der Waals surface area contributed by atoms with Gasteiger partial charge in [0.1, 0.15) is 5.75 Å². The molecule has 1 unspecified atom stereocenters. The Labute approximate surface area is 74.5 Å². The molecule has 0 amide bonds. The van der Waals surface area contributed by atoms with Crippen LogP contribution in [0, 0.1) is 0 Å². The molecule has 0 aromatic heterocycles. The van der Waals surface area contributed by atoms with E-state index >= 15 is 0 Å². The zero-order chi connectivity index (χ0) is 8.55. The van der Waals surface area contributed by atoms with Crippen molar-refractivity contribution in [3.05, 3.63) is 29.3 Å². The quantitative estimate of drug-likeness (QED) is 0.614. The highest BCUT2D eigenvalue weighted by molar-refractivity contribution is 7.13. The van der Waals surface area contributed by atoms with Crippen molar-refractivity contribution in [2.24, 2.45) is 0 Å². The van der Waals surface area contributed by atoms with Gasteiger partial charge in [-0.15, -0.1) is 0 Å². The molecule has 0 spiro atoms. The zero-order valence-electron chi connectivity index (χ0n) is 6.83. The molecule has 3 heteroatoms. The minimum atomic E-state index is 0.369.